The fourth-order valence-electron chi connectivity index (χ4n) is 3.46. The fraction of sp³-hybridized carbons (Fsp3) is 0.524. The number of nitrogens with one attached hydrogen (secondary N) is 2. The Bertz CT molecular complexity index is 720. The van der Waals surface area contributed by atoms with Crippen LogP contribution in [0, 0.1) is 5.92 Å². The summed E-state index contributed by atoms with van der Waals surface area (Å²) in [6.07, 6.45) is 6.19. The second kappa shape index (κ2) is 10.9. The summed E-state index contributed by atoms with van der Waals surface area (Å²) in [6.45, 7) is 3.45. The van der Waals surface area contributed by atoms with E-state index in [1.807, 2.05) is 12.1 Å². The summed E-state index contributed by atoms with van der Waals surface area (Å²) in [5, 5.41) is 8.36. The molecule has 7 heteroatoms. The van der Waals surface area contributed by atoms with E-state index in [2.05, 4.69) is 33.0 Å². The maximum atomic E-state index is 11.6. The van der Waals surface area contributed by atoms with Gasteiger partial charge in [-0.05, 0) is 42.3 Å². The molecule has 28 heavy (non-hydrogen) atoms. The van der Waals surface area contributed by atoms with Gasteiger partial charge in [-0.15, -0.1) is 11.3 Å². The first-order chi connectivity index (χ1) is 13.7. The lowest BCUT2D eigenvalue weighted by Gasteiger charge is -2.34. The second-order valence-corrected chi connectivity index (χ2v) is 8.13. The molecule has 0 atom stereocenters. The van der Waals surface area contributed by atoms with E-state index < -0.39 is 0 Å². The standard InChI is InChI=1S/C21H30N4O2S/c1-22-20(26)16-17-8-12-25(13-9-17)21(23-10-6-18-4-2-14-27-18)24-11-7-19-5-3-15-28-19/h2-5,14-15,17H,6-13,16H2,1H3,(H,22,26)(H,23,24). The summed E-state index contributed by atoms with van der Waals surface area (Å²) in [5.41, 5.74) is 0. The number of piperidine rings is 1. The largest absolute Gasteiger partial charge is 0.469 e. The highest BCUT2D eigenvalue weighted by Crippen LogP contribution is 2.20. The Morgan fingerprint density at radius 3 is 2.82 bits per heavy atom. The molecule has 3 heterocycles. The Morgan fingerprint density at radius 2 is 2.14 bits per heavy atom. The molecule has 0 aliphatic carbocycles. The van der Waals surface area contributed by atoms with Crippen molar-refractivity contribution in [3.8, 4) is 0 Å². The van der Waals surface area contributed by atoms with Gasteiger partial charge in [0.25, 0.3) is 0 Å². The quantitative estimate of drug-likeness (QED) is 0.526. The topological polar surface area (TPSA) is 69.9 Å². The molecule has 1 fully saturated rings. The molecule has 1 saturated heterocycles. The molecular weight excluding hydrogens is 372 g/mol. The number of hydrogen-bond acceptors (Lipinski definition) is 4. The minimum atomic E-state index is 0.139. The van der Waals surface area contributed by atoms with Crippen molar-refractivity contribution in [2.24, 2.45) is 10.9 Å². The Labute approximate surface area is 171 Å². The molecule has 2 aromatic rings. The predicted molar refractivity (Wildman–Crippen MR) is 114 cm³/mol. The SMILES string of the molecule is CNC(=O)CC1CCN(C(=NCCc2cccs2)NCCc2ccco2)CC1. The third-order valence-electron chi connectivity index (χ3n) is 5.10. The Kier molecular flexibility index (Phi) is 7.96. The smallest absolute Gasteiger partial charge is 0.220 e. The van der Waals surface area contributed by atoms with Gasteiger partial charge in [0.15, 0.2) is 5.96 Å². The van der Waals surface area contributed by atoms with E-state index in [0.717, 1.165) is 63.6 Å². The van der Waals surface area contributed by atoms with Crippen LogP contribution in [0.25, 0.3) is 0 Å². The first-order valence-corrected chi connectivity index (χ1v) is 10.9. The van der Waals surface area contributed by atoms with Gasteiger partial charge in [0.05, 0.1) is 6.26 Å². The summed E-state index contributed by atoms with van der Waals surface area (Å²) in [4.78, 5) is 20.2. The van der Waals surface area contributed by atoms with Gasteiger partial charge in [-0.2, -0.15) is 0 Å². The third kappa shape index (κ3) is 6.41. The van der Waals surface area contributed by atoms with Crippen LogP contribution in [0.3, 0.4) is 0 Å². The summed E-state index contributed by atoms with van der Waals surface area (Å²) in [5.74, 6) is 2.56. The molecule has 0 aromatic carbocycles. The highest BCUT2D eigenvalue weighted by Gasteiger charge is 2.23. The van der Waals surface area contributed by atoms with Crippen molar-refractivity contribution < 1.29 is 9.21 Å². The minimum absolute atomic E-state index is 0.139. The summed E-state index contributed by atoms with van der Waals surface area (Å²) < 4.78 is 5.42. The Morgan fingerprint density at radius 1 is 1.29 bits per heavy atom. The van der Waals surface area contributed by atoms with Gasteiger partial charge < -0.3 is 20.0 Å². The van der Waals surface area contributed by atoms with Gasteiger partial charge in [0, 0.05) is 57.4 Å². The molecule has 0 radical (unpaired) electrons. The monoisotopic (exact) mass is 402 g/mol. The minimum Gasteiger partial charge on any atom is -0.469 e. The van der Waals surface area contributed by atoms with E-state index in [1.165, 1.54) is 4.88 Å². The zero-order valence-corrected chi connectivity index (χ0v) is 17.3. The van der Waals surface area contributed by atoms with Gasteiger partial charge in [0.2, 0.25) is 5.91 Å². The number of carbonyl (C=O) groups is 1. The number of guanidine groups is 1. The number of carbonyl (C=O) groups excluding carboxylic acids is 1. The molecule has 1 aliphatic heterocycles. The molecule has 2 aromatic heterocycles. The highest BCUT2D eigenvalue weighted by atomic mass is 32.1. The van der Waals surface area contributed by atoms with Crippen LogP contribution in [0.5, 0.6) is 0 Å². The molecule has 3 rings (SSSR count). The fourth-order valence-corrected chi connectivity index (χ4v) is 4.16. The van der Waals surface area contributed by atoms with E-state index >= 15 is 0 Å². The number of thiophene rings is 1. The van der Waals surface area contributed by atoms with E-state index in [9.17, 15) is 4.79 Å². The van der Waals surface area contributed by atoms with Crippen molar-refractivity contribution in [3.63, 3.8) is 0 Å². The number of likely N-dealkylation sites (tertiary alicyclic amines) is 1. The second-order valence-electron chi connectivity index (χ2n) is 7.10. The van der Waals surface area contributed by atoms with Crippen molar-refractivity contribution in [2.75, 3.05) is 33.2 Å². The van der Waals surface area contributed by atoms with E-state index in [-0.39, 0.29) is 5.91 Å². The van der Waals surface area contributed by atoms with Crippen LogP contribution in [0.4, 0.5) is 0 Å². The van der Waals surface area contributed by atoms with Crippen LogP contribution in [0.1, 0.15) is 29.9 Å². The van der Waals surface area contributed by atoms with Gasteiger partial charge in [-0.1, -0.05) is 6.07 Å². The molecular formula is C21H30N4O2S. The van der Waals surface area contributed by atoms with E-state index in [0.29, 0.717) is 12.3 Å². The van der Waals surface area contributed by atoms with Gasteiger partial charge >= 0.3 is 0 Å². The van der Waals surface area contributed by atoms with Crippen molar-refractivity contribution >= 4 is 23.2 Å². The highest BCUT2D eigenvalue weighted by molar-refractivity contribution is 7.09. The molecule has 6 nitrogen and oxygen atoms in total. The maximum Gasteiger partial charge on any atom is 0.220 e. The number of aliphatic imine (C=N–C) groups is 1. The van der Waals surface area contributed by atoms with Crippen LogP contribution in [-0.4, -0.2) is 50.0 Å². The molecule has 2 N–H and O–H groups in total. The number of nitrogens with zero attached hydrogens (tertiary/aromatic N) is 2. The molecule has 1 amide bonds. The first kappa shape index (κ1) is 20.5. The molecule has 0 unspecified atom stereocenters. The van der Waals surface area contributed by atoms with Crippen LogP contribution < -0.4 is 10.6 Å². The third-order valence-corrected chi connectivity index (χ3v) is 6.04. The molecule has 0 bridgehead atoms. The van der Waals surface area contributed by atoms with Gasteiger partial charge in [0.1, 0.15) is 5.76 Å². The average Bonchev–Trinajstić information content (AvgIpc) is 3.41. The van der Waals surface area contributed by atoms with Gasteiger partial charge in [-0.3, -0.25) is 9.79 Å². The van der Waals surface area contributed by atoms with Crippen LogP contribution in [0.15, 0.2) is 45.3 Å². The molecule has 1 aliphatic rings. The average molecular weight is 403 g/mol. The van der Waals surface area contributed by atoms with Crippen LogP contribution in [-0.2, 0) is 17.6 Å². The lowest BCUT2D eigenvalue weighted by atomic mass is 9.93. The predicted octanol–water partition coefficient (Wildman–Crippen LogP) is 2.92. The zero-order valence-electron chi connectivity index (χ0n) is 16.5. The number of amides is 1. The van der Waals surface area contributed by atoms with Gasteiger partial charge in [-0.25, -0.2) is 0 Å². The number of furan rings is 1. The molecule has 0 spiro atoms. The summed E-state index contributed by atoms with van der Waals surface area (Å²) >= 11 is 1.78. The van der Waals surface area contributed by atoms with Crippen molar-refractivity contribution in [3.05, 3.63) is 46.5 Å². The normalized spacial score (nSPS) is 15.6. The van der Waals surface area contributed by atoms with Crippen LogP contribution >= 0.6 is 11.3 Å². The molecule has 152 valence electrons. The first-order valence-electron chi connectivity index (χ1n) is 10.0. The Balaban J connectivity index is 1.53. The lowest BCUT2D eigenvalue weighted by Crippen LogP contribution is -2.46. The van der Waals surface area contributed by atoms with E-state index in [4.69, 9.17) is 9.41 Å². The zero-order chi connectivity index (χ0) is 19.6. The summed E-state index contributed by atoms with van der Waals surface area (Å²) in [7, 11) is 1.71. The van der Waals surface area contributed by atoms with Crippen molar-refractivity contribution in [2.45, 2.75) is 32.1 Å². The maximum absolute atomic E-state index is 11.6. The van der Waals surface area contributed by atoms with Crippen LogP contribution in [0.2, 0.25) is 0 Å². The Hall–Kier alpha value is -2.28. The van der Waals surface area contributed by atoms with Crippen molar-refractivity contribution in [1.29, 1.82) is 0 Å². The number of hydrogen-bond donors (Lipinski definition) is 2. The molecule has 0 saturated carbocycles. The number of rotatable bonds is 8. The van der Waals surface area contributed by atoms with E-state index in [1.54, 1.807) is 24.6 Å². The van der Waals surface area contributed by atoms with Crippen molar-refractivity contribution in [1.82, 2.24) is 15.5 Å². The lowest BCUT2D eigenvalue weighted by molar-refractivity contribution is -0.121. The summed E-state index contributed by atoms with van der Waals surface area (Å²) in [6, 6.07) is 8.17.